The Kier molecular flexibility index (Phi) is 3.26. The fourth-order valence-corrected chi connectivity index (χ4v) is 1.67. The number of benzene rings is 1. The summed E-state index contributed by atoms with van der Waals surface area (Å²) in [6, 6.07) is 7.70. The highest BCUT2D eigenvalue weighted by Gasteiger charge is 2.17. The third-order valence-corrected chi connectivity index (χ3v) is 2.40. The van der Waals surface area contributed by atoms with Gasteiger partial charge in [0.2, 0.25) is 6.35 Å². The van der Waals surface area contributed by atoms with Crippen molar-refractivity contribution in [1.29, 1.82) is 0 Å². The predicted molar refractivity (Wildman–Crippen MR) is 65.3 cm³/mol. The summed E-state index contributed by atoms with van der Waals surface area (Å²) < 4.78 is 0. The molecule has 0 bridgehead atoms. The van der Waals surface area contributed by atoms with Gasteiger partial charge in [0.15, 0.2) is 0 Å². The number of aromatic nitrogens is 3. The zero-order valence-corrected chi connectivity index (χ0v) is 10.5. The Labute approximate surface area is 100 Å². The molecule has 0 unspecified atom stereocenters. The Bertz CT molecular complexity index is 485. The van der Waals surface area contributed by atoms with Crippen molar-refractivity contribution in [3.63, 3.8) is 0 Å². The predicted octanol–water partition coefficient (Wildman–Crippen LogP) is 0.267. The van der Waals surface area contributed by atoms with E-state index in [1.54, 1.807) is 0 Å². The molecule has 17 heavy (non-hydrogen) atoms. The molecule has 0 amide bonds. The lowest BCUT2D eigenvalue weighted by Crippen LogP contribution is -2.48. The van der Waals surface area contributed by atoms with E-state index in [-0.39, 0.29) is 6.35 Å². The monoisotopic (exact) mass is 235 g/mol. The van der Waals surface area contributed by atoms with Gasteiger partial charge in [-0.05, 0) is 45.5 Å². The maximum absolute atomic E-state index is 5.79. The lowest BCUT2D eigenvalue weighted by Gasteiger charge is -2.29. The highest BCUT2D eigenvalue weighted by atomic mass is 16.7. The summed E-state index contributed by atoms with van der Waals surface area (Å²) in [5.74, 6) is 0. The first-order valence-corrected chi connectivity index (χ1v) is 5.40. The molecule has 0 aliphatic heterocycles. The van der Waals surface area contributed by atoms with Gasteiger partial charge in [0.05, 0.1) is 0 Å². The molecule has 0 aliphatic rings. The minimum atomic E-state index is -0.194. The van der Waals surface area contributed by atoms with Crippen LogP contribution >= 0.6 is 0 Å². The van der Waals surface area contributed by atoms with E-state index in [1.807, 2.05) is 62.3 Å². The van der Waals surface area contributed by atoms with Crippen LogP contribution in [0.15, 0.2) is 24.3 Å². The quantitative estimate of drug-likeness (QED) is 0.712. The number of para-hydroxylation sites is 1. The van der Waals surface area contributed by atoms with Crippen molar-refractivity contribution < 1.29 is 4.84 Å². The van der Waals surface area contributed by atoms with Gasteiger partial charge in [-0.1, -0.05) is 17.0 Å². The molecule has 0 aliphatic carbocycles. The van der Waals surface area contributed by atoms with Crippen molar-refractivity contribution >= 4 is 11.0 Å². The number of hydrogen-bond acceptors (Lipinski definition) is 5. The van der Waals surface area contributed by atoms with E-state index < -0.39 is 0 Å². The topological polar surface area (TPSA) is 46.4 Å². The van der Waals surface area contributed by atoms with Gasteiger partial charge >= 0.3 is 0 Å². The molecule has 0 N–H and O–H groups in total. The maximum Gasteiger partial charge on any atom is 0.237 e. The van der Waals surface area contributed by atoms with E-state index >= 15 is 0 Å². The highest BCUT2D eigenvalue weighted by Crippen LogP contribution is 2.09. The molecule has 0 atom stereocenters. The lowest BCUT2D eigenvalue weighted by atomic mass is 10.3. The molecule has 6 nitrogen and oxygen atoms in total. The second-order valence-corrected chi connectivity index (χ2v) is 4.31. The molecule has 2 rings (SSSR count). The van der Waals surface area contributed by atoms with E-state index in [2.05, 4.69) is 10.3 Å². The van der Waals surface area contributed by atoms with Crippen LogP contribution in [0.1, 0.15) is 0 Å². The van der Waals surface area contributed by atoms with E-state index in [4.69, 9.17) is 4.84 Å². The third kappa shape index (κ3) is 2.37. The van der Waals surface area contributed by atoms with Gasteiger partial charge in [0.1, 0.15) is 11.0 Å². The average Bonchev–Trinajstić information content (AvgIpc) is 2.68. The molecule has 0 fully saturated rings. The van der Waals surface area contributed by atoms with Gasteiger partial charge in [-0.15, -0.1) is 5.10 Å². The Balaban J connectivity index is 2.28. The Morgan fingerprint density at radius 1 is 1.12 bits per heavy atom. The fraction of sp³-hybridized carbons (Fsp3) is 0.455. The van der Waals surface area contributed by atoms with Crippen LogP contribution in [0.4, 0.5) is 0 Å². The summed E-state index contributed by atoms with van der Waals surface area (Å²) in [6.07, 6.45) is -0.194. The van der Waals surface area contributed by atoms with Crippen molar-refractivity contribution in [3.8, 4) is 0 Å². The van der Waals surface area contributed by atoms with Gasteiger partial charge < -0.3 is 4.84 Å². The molecule has 0 saturated carbocycles. The van der Waals surface area contributed by atoms with E-state index in [9.17, 15) is 0 Å². The Hall–Kier alpha value is -1.66. The minimum absolute atomic E-state index is 0.194. The SMILES string of the molecule is CN(C)C(On1nnc2ccccc21)N(C)C. The molecule has 6 heteroatoms. The summed E-state index contributed by atoms with van der Waals surface area (Å²) in [5.41, 5.74) is 1.69. The van der Waals surface area contributed by atoms with E-state index in [0.29, 0.717) is 0 Å². The summed E-state index contributed by atoms with van der Waals surface area (Å²) >= 11 is 0. The molecule has 0 spiro atoms. The van der Waals surface area contributed by atoms with Gasteiger partial charge in [0.25, 0.3) is 0 Å². The first kappa shape index (κ1) is 11.8. The normalized spacial score (nSPS) is 11.9. The van der Waals surface area contributed by atoms with Crippen molar-refractivity contribution in [2.24, 2.45) is 0 Å². The lowest BCUT2D eigenvalue weighted by molar-refractivity contribution is -0.130. The second-order valence-electron chi connectivity index (χ2n) is 4.31. The first-order valence-electron chi connectivity index (χ1n) is 5.40. The largest absolute Gasteiger partial charge is 0.359 e. The molecular formula is C11H17N5O. The van der Waals surface area contributed by atoms with Gasteiger partial charge in [0, 0.05) is 0 Å². The van der Waals surface area contributed by atoms with Crippen LogP contribution in [-0.2, 0) is 0 Å². The number of hydrogen-bond donors (Lipinski definition) is 0. The fourth-order valence-electron chi connectivity index (χ4n) is 1.67. The molecule has 1 heterocycles. The number of nitrogens with zero attached hydrogens (tertiary/aromatic N) is 5. The average molecular weight is 235 g/mol. The van der Waals surface area contributed by atoms with Crippen LogP contribution in [0.2, 0.25) is 0 Å². The van der Waals surface area contributed by atoms with Crippen LogP contribution in [0, 0.1) is 0 Å². The van der Waals surface area contributed by atoms with Crippen LogP contribution in [-0.4, -0.2) is 59.5 Å². The van der Waals surface area contributed by atoms with Crippen molar-refractivity contribution in [2.45, 2.75) is 6.35 Å². The number of rotatable bonds is 4. The zero-order chi connectivity index (χ0) is 12.4. The standard InChI is InChI=1S/C11H17N5O/c1-14(2)11(15(3)4)17-16-10-8-6-5-7-9(10)12-13-16/h5-8,11H,1-4H3. The van der Waals surface area contributed by atoms with E-state index in [1.165, 1.54) is 4.85 Å². The third-order valence-electron chi connectivity index (χ3n) is 2.40. The summed E-state index contributed by atoms with van der Waals surface area (Å²) in [4.78, 5) is 11.2. The molecule has 2 aromatic rings. The maximum atomic E-state index is 5.79. The number of fused-ring (bicyclic) bond motifs is 1. The van der Waals surface area contributed by atoms with Gasteiger partial charge in [-0.3, -0.25) is 9.80 Å². The molecular weight excluding hydrogens is 218 g/mol. The molecule has 92 valence electrons. The summed E-state index contributed by atoms with van der Waals surface area (Å²) in [6.45, 7) is 0. The summed E-state index contributed by atoms with van der Waals surface area (Å²) in [7, 11) is 7.79. The van der Waals surface area contributed by atoms with Crippen molar-refractivity contribution in [1.82, 2.24) is 25.0 Å². The molecule has 1 aromatic carbocycles. The molecule has 0 saturated heterocycles. The van der Waals surface area contributed by atoms with Crippen LogP contribution in [0.3, 0.4) is 0 Å². The second kappa shape index (κ2) is 4.68. The highest BCUT2D eigenvalue weighted by molar-refractivity contribution is 5.73. The summed E-state index contributed by atoms with van der Waals surface area (Å²) in [5, 5.41) is 8.03. The Morgan fingerprint density at radius 3 is 2.41 bits per heavy atom. The van der Waals surface area contributed by atoms with E-state index in [0.717, 1.165) is 11.0 Å². The van der Waals surface area contributed by atoms with Crippen LogP contribution in [0.5, 0.6) is 0 Å². The van der Waals surface area contributed by atoms with Crippen molar-refractivity contribution in [2.75, 3.05) is 28.2 Å². The Morgan fingerprint density at radius 2 is 1.76 bits per heavy atom. The van der Waals surface area contributed by atoms with Crippen molar-refractivity contribution in [3.05, 3.63) is 24.3 Å². The zero-order valence-electron chi connectivity index (χ0n) is 10.5. The van der Waals surface area contributed by atoms with Gasteiger partial charge in [-0.2, -0.15) is 0 Å². The van der Waals surface area contributed by atoms with Gasteiger partial charge in [-0.25, -0.2) is 0 Å². The molecule has 0 radical (unpaired) electrons. The molecule has 1 aromatic heterocycles. The van der Waals surface area contributed by atoms with Crippen LogP contribution in [0.25, 0.3) is 11.0 Å². The van der Waals surface area contributed by atoms with Crippen LogP contribution < -0.4 is 4.84 Å². The smallest absolute Gasteiger partial charge is 0.237 e. The minimum Gasteiger partial charge on any atom is -0.359 e. The first-order chi connectivity index (χ1) is 8.09.